The molecule has 1 saturated carbocycles. The lowest BCUT2D eigenvalue weighted by Gasteiger charge is -2.40. The van der Waals surface area contributed by atoms with Crippen molar-refractivity contribution in [2.75, 3.05) is 6.61 Å². The van der Waals surface area contributed by atoms with Crippen molar-refractivity contribution >= 4 is 17.3 Å². The first-order valence-corrected chi connectivity index (χ1v) is 8.28. The molecule has 3 nitrogen and oxygen atoms in total. The molecule has 0 amide bonds. The van der Waals surface area contributed by atoms with E-state index in [2.05, 4.69) is 24.3 Å². The standard InChI is InChI=1S/C17H19NO2S/c1-2-20-15(19)11-14-12-21-16(18-14)17(9-6-10-17)13-7-4-3-5-8-13/h3-5,7-8,12H,2,6,9-11H2,1H3. The van der Waals surface area contributed by atoms with Gasteiger partial charge in [0, 0.05) is 10.8 Å². The number of nitrogens with zero attached hydrogens (tertiary/aromatic N) is 1. The molecule has 0 saturated heterocycles. The van der Waals surface area contributed by atoms with Crippen LogP contribution in [0.5, 0.6) is 0 Å². The fraction of sp³-hybridized carbons (Fsp3) is 0.412. The molecule has 3 rings (SSSR count). The predicted molar refractivity (Wildman–Crippen MR) is 83.5 cm³/mol. The lowest BCUT2D eigenvalue weighted by molar-refractivity contribution is -0.142. The van der Waals surface area contributed by atoms with Crippen molar-refractivity contribution in [2.24, 2.45) is 0 Å². The molecule has 1 heterocycles. The van der Waals surface area contributed by atoms with Gasteiger partial charge in [-0.05, 0) is 25.3 Å². The number of hydrogen-bond acceptors (Lipinski definition) is 4. The summed E-state index contributed by atoms with van der Waals surface area (Å²) in [6.45, 7) is 2.24. The molecular formula is C17H19NO2S. The quantitative estimate of drug-likeness (QED) is 0.790. The van der Waals surface area contributed by atoms with Gasteiger partial charge < -0.3 is 4.74 Å². The number of thiazole rings is 1. The average molecular weight is 301 g/mol. The minimum atomic E-state index is -0.197. The highest BCUT2D eigenvalue weighted by atomic mass is 32.1. The normalized spacial score (nSPS) is 16.2. The van der Waals surface area contributed by atoms with Gasteiger partial charge in [-0.15, -0.1) is 11.3 Å². The first-order valence-electron chi connectivity index (χ1n) is 7.40. The van der Waals surface area contributed by atoms with E-state index in [-0.39, 0.29) is 17.8 Å². The molecule has 0 N–H and O–H groups in total. The van der Waals surface area contributed by atoms with Gasteiger partial charge in [0.15, 0.2) is 0 Å². The summed E-state index contributed by atoms with van der Waals surface area (Å²) in [5.41, 5.74) is 2.24. The van der Waals surface area contributed by atoms with E-state index in [0.717, 1.165) is 23.5 Å². The third kappa shape index (κ3) is 2.72. The Balaban J connectivity index is 1.83. The third-order valence-electron chi connectivity index (χ3n) is 4.13. The molecule has 4 heteroatoms. The molecule has 0 spiro atoms. The number of hydrogen-bond donors (Lipinski definition) is 0. The van der Waals surface area contributed by atoms with Crippen molar-refractivity contribution < 1.29 is 9.53 Å². The molecule has 0 bridgehead atoms. The molecule has 1 aliphatic rings. The lowest BCUT2D eigenvalue weighted by atomic mass is 9.65. The molecule has 2 aromatic rings. The van der Waals surface area contributed by atoms with E-state index in [1.54, 1.807) is 11.3 Å². The summed E-state index contributed by atoms with van der Waals surface area (Å²) >= 11 is 1.67. The number of carbonyl (C=O) groups is 1. The zero-order valence-electron chi connectivity index (χ0n) is 12.2. The van der Waals surface area contributed by atoms with Crippen LogP contribution < -0.4 is 0 Å². The Labute approximate surface area is 129 Å². The number of ether oxygens (including phenoxy) is 1. The summed E-state index contributed by atoms with van der Waals surface area (Å²) in [4.78, 5) is 16.3. The zero-order chi connectivity index (χ0) is 14.7. The van der Waals surface area contributed by atoms with Crippen molar-refractivity contribution in [1.29, 1.82) is 0 Å². The topological polar surface area (TPSA) is 39.2 Å². The van der Waals surface area contributed by atoms with E-state index in [1.807, 2.05) is 18.4 Å². The van der Waals surface area contributed by atoms with E-state index in [4.69, 9.17) is 9.72 Å². The molecule has 0 radical (unpaired) electrons. The Kier molecular flexibility index (Phi) is 4.06. The van der Waals surface area contributed by atoms with Crippen LogP contribution in [0.2, 0.25) is 0 Å². The summed E-state index contributed by atoms with van der Waals surface area (Å²) in [6, 6.07) is 10.6. The predicted octanol–water partition coefficient (Wildman–Crippen LogP) is 3.72. The number of esters is 1. The maximum Gasteiger partial charge on any atom is 0.311 e. The van der Waals surface area contributed by atoms with Gasteiger partial charge in [0.25, 0.3) is 0 Å². The first kappa shape index (κ1) is 14.3. The maximum atomic E-state index is 11.6. The second kappa shape index (κ2) is 5.98. The van der Waals surface area contributed by atoms with Gasteiger partial charge in [-0.25, -0.2) is 4.98 Å². The second-order valence-corrected chi connectivity index (χ2v) is 6.29. The van der Waals surface area contributed by atoms with E-state index in [1.165, 1.54) is 12.0 Å². The van der Waals surface area contributed by atoms with Gasteiger partial charge >= 0.3 is 5.97 Å². The monoisotopic (exact) mass is 301 g/mol. The number of carbonyl (C=O) groups excluding carboxylic acids is 1. The smallest absolute Gasteiger partial charge is 0.311 e. The van der Waals surface area contributed by atoms with E-state index < -0.39 is 0 Å². The number of aromatic nitrogens is 1. The minimum Gasteiger partial charge on any atom is -0.466 e. The Hall–Kier alpha value is -1.68. The molecule has 1 aromatic heterocycles. The van der Waals surface area contributed by atoms with Crippen molar-refractivity contribution in [3.63, 3.8) is 0 Å². The van der Waals surface area contributed by atoms with Crippen LogP contribution in [0.1, 0.15) is 42.5 Å². The number of rotatable bonds is 5. The van der Waals surface area contributed by atoms with Crippen LogP contribution in [-0.2, 0) is 21.4 Å². The van der Waals surface area contributed by atoms with Crippen LogP contribution in [0.4, 0.5) is 0 Å². The highest BCUT2D eigenvalue weighted by Crippen LogP contribution is 2.49. The molecule has 0 aliphatic heterocycles. The van der Waals surface area contributed by atoms with Crippen molar-refractivity contribution in [2.45, 2.75) is 38.0 Å². The zero-order valence-corrected chi connectivity index (χ0v) is 13.0. The Morgan fingerprint density at radius 2 is 2.10 bits per heavy atom. The minimum absolute atomic E-state index is 0.0683. The summed E-state index contributed by atoms with van der Waals surface area (Å²) in [5.74, 6) is -0.197. The summed E-state index contributed by atoms with van der Waals surface area (Å²) in [7, 11) is 0. The summed E-state index contributed by atoms with van der Waals surface area (Å²) in [5, 5.41) is 3.13. The third-order valence-corrected chi connectivity index (χ3v) is 5.22. The highest BCUT2D eigenvalue weighted by Gasteiger charge is 2.42. The van der Waals surface area contributed by atoms with Crippen LogP contribution in [0.3, 0.4) is 0 Å². The first-order chi connectivity index (χ1) is 10.2. The van der Waals surface area contributed by atoms with Crippen molar-refractivity contribution in [3.05, 3.63) is 52.0 Å². The maximum absolute atomic E-state index is 11.6. The van der Waals surface area contributed by atoms with Crippen LogP contribution in [0.25, 0.3) is 0 Å². The van der Waals surface area contributed by atoms with Crippen LogP contribution in [0.15, 0.2) is 35.7 Å². The highest BCUT2D eigenvalue weighted by molar-refractivity contribution is 7.09. The molecule has 1 fully saturated rings. The van der Waals surface area contributed by atoms with E-state index in [0.29, 0.717) is 6.61 Å². The van der Waals surface area contributed by atoms with Crippen LogP contribution in [-0.4, -0.2) is 17.6 Å². The summed E-state index contributed by atoms with van der Waals surface area (Å²) in [6.07, 6.45) is 3.80. The van der Waals surface area contributed by atoms with Gasteiger partial charge in [0.05, 0.1) is 18.7 Å². The molecule has 1 aliphatic carbocycles. The van der Waals surface area contributed by atoms with Gasteiger partial charge in [-0.3, -0.25) is 4.79 Å². The van der Waals surface area contributed by atoms with Crippen molar-refractivity contribution in [1.82, 2.24) is 4.98 Å². The fourth-order valence-electron chi connectivity index (χ4n) is 2.88. The van der Waals surface area contributed by atoms with Gasteiger partial charge in [-0.1, -0.05) is 36.8 Å². The van der Waals surface area contributed by atoms with Crippen molar-refractivity contribution in [3.8, 4) is 0 Å². The molecule has 0 unspecified atom stereocenters. The largest absolute Gasteiger partial charge is 0.466 e. The molecule has 110 valence electrons. The van der Waals surface area contributed by atoms with Gasteiger partial charge in [-0.2, -0.15) is 0 Å². The van der Waals surface area contributed by atoms with Gasteiger partial charge in [0.2, 0.25) is 0 Å². The van der Waals surface area contributed by atoms with Crippen LogP contribution >= 0.6 is 11.3 Å². The Bertz CT molecular complexity index is 617. The van der Waals surface area contributed by atoms with Crippen LogP contribution in [0, 0.1) is 0 Å². The van der Waals surface area contributed by atoms with E-state index >= 15 is 0 Å². The average Bonchev–Trinajstić information content (AvgIpc) is 2.87. The Morgan fingerprint density at radius 1 is 1.33 bits per heavy atom. The molecule has 0 atom stereocenters. The second-order valence-electron chi connectivity index (χ2n) is 5.43. The summed E-state index contributed by atoms with van der Waals surface area (Å²) < 4.78 is 4.99. The lowest BCUT2D eigenvalue weighted by Crippen LogP contribution is -2.35. The number of benzene rings is 1. The molecular weight excluding hydrogens is 282 g/mol. The fourth-order valence-corrected chi connectivity index (χ4v) is 3.98. The molecule has 21 heavy (non-hydrogen) atoms. The van der Waals surface area contributed by atoms with E-state index in [9.17, 15) is 4.79 Å². The Morgan fingerprint density at radius 3 is 2.71 bits per heavy atom. The van der Waals surface area contributed by atoms with Gasteiger partial charge in [0.1, 0.15) is 5.01 Å². The SMILES string of the molecule is CCOC(=O)Cc1csc(C2(c3ccccc3)CCC2)n1. The molecule has 1 aromatic carbocycles.